The van der Waals surface area contributed by atoms with Crippen LogP contribution >= 0.6 is 0 Å². The molecular weight excluding hydrogens is 286 g/mol. The highest BCUT2D eigenvalue weighted by Crippen LogP contribution is 2.23. The Labute approximate surface area is 125 Å². The van der Waals surface area contributed by atoms with Crippen LogP contribution in [0.25, 0.3) is 0 Å². The Morgan fingerprint density at radius 1 is 1.05 bits per heavy atom. The summed E-state index contributed by atoms with van der Waals surface area (Å²) < 4.78 is 26.8. The zero-order chi connectivity index (χ0) is 15.3. The van der Waals surface area contributed by atoms with Gasteiger partial charge in [-0.3, -0.25) is 4.31 Å². The number of rotatable bonds is 6. The van der Waals surface area contributed by atoms with Crippen molar-refractivity contribution in [1.82, 2.24) is 0 Å². The van der Waals surface area contributed by atoms with Gasteiger partial charge in [0.15, 0.2) is 0 Å². The fourth-order valence-corrected chi connectivity index (χ4v) is 3.65. The summed E-state index contributed by atoms with van der Waals surface area (Å²) in [4.78, 5) is 0.249. The number of hydrogen-bond acceptors (Lipinski definition) is 3. The minimum Gasteiger partial charge on any atom is -0.394 e. The van der Waals surface area contributed by atoms with Crippen LogP contribution in [0.3, 0.4) is 0 Å². The summed E-state index contributed by atoms with van der Waals surface area (Å²) in [5, 5.41) is 9.20. The molecule has 0 atom stereocenters. The number of benzene rings is 2. The van der Waals surface area contributed by atoms with Gasteiger partial charge in [-0.1, -0.05) is 37.3 Å². The summed E-state index contributed by atoms with van der Waals surface area (Å²) in [6.45, 7) is 1.78. The van der Waals surface area contributed by atoms with Gasteiger partial charge in [0, 0.05) is 0 Å². The summed E-state index contributed by atoms with van der Waals surface area (Å²) >= 11 is 0. The lowest BCUT2D eigenvalue weighted by molar-refractivity contribution is 0.306. The Kier molecular flexibility index (Phi) is 4.98. The molecule has 0 saturated heterocycles. The molecule has 0 aromatic heterocycles. The van der Waals surface area contributed by atoms with Crippen molar-refractivity contribution in [1.29, 1.82) is 0 Å². The van der Waals surface area contributed by atoms with Gasteiger partial charge in [-0.05, 0) is 36.2 Å². The number of sulfonamides is 1. The Bertz CT molecular complexity index is 684. The Hall–Kier alpha value is -1.85. The second-order valence-corrected chi connectivity index (χ2v) is 6.50. The van der Waals surface area contributed by atoms with Crippen molar-refractivity contribution in [3.05, 3.63) is 60.2 Å². The first-order valence-electron chi connectivity index (χ1n) is 6.87. The normalized spacial score (nSPS) is 11.3. The molecule has 0 amide bonds. The van der Waals surface area contributed by atoms with Crippen LogP contribution in [0.5, 0.6) is 0 Å². The largest absolute Gasteiger partial charge is 0.394 e. The van der Waals surface area contributed by atoms with Gasteiger partial charge in [-0.15, -0.1) is 0 Å². The van der Waals surface area contributed by atoms with Crippen molar-refractivity contribution >= 4 is 15.7 Å². The maximum absolute atomic E-state index is 12.8. The maximum Gasteiger partial charge on any atom is 0.264 e. The molecule has 0 aliphatic rings. The molecule has 2 aromatic rings. The van der Waals surface area contributed by atoms with Crippen LogP contribution in [0.1, 0.15) is 12.5 Å². The van der Waals surface area contributed by atoms with Gasteiger partial charge in [-0.2, -0.15) is 0 Å². The van der Waals surface area contributed by atoms with Gasteiger partial charge in [0.2, 0.25) is 0 Å². The predicted octanol–water partition coefficient (Wildman–Crippen LogP) is 2.44. The van der Waals surface area contributed by atoms with E-state index in [0.29, 0.717) is 5.69 Å². The molecule has 0 heterocycles. The molecule has 2 aromatic carbocycles. The standard InChI is InChI=1S/C16H19NO3S/c1-2-14-7-6-10-16(13-14)21(19,20)17(11-12-18)15-8-4-3-5-9-15/h3-10,13,18H,2,11-12H2,1H3. The first-order chi connectivity index (χ1) is 10.1. The minimum absolute atomic E-state index is 0.0305. The fraction of sp³-hybridized carbons (Fsp3) is 0.250. The van der Waals surface area contributed by atoms with Gasteiger partial charge >= 0.3 is 0 Å². The van der Waals surface area contributed by atoms with Gasteiger partial charge < -0.3 is 5.11 Å². The van der Waals surface area contributed by atoms with E-state index >= 15 is 0 Å². The summed E-state index contributed by atoms with van der Waals surface area (Å²) in [6.07, 6.45) is 0.773. The molecule has 0 fully saturated rings. The van der Waals surface area contributed by atoms with Crippen molar-refractivity contribution in [3.63, 3.8) is 0 Å². The third kappa shape index (κ3) is 3.43. The van der Waals surface area contributed by atoms with Gasteiger partial charge in [0.25, 0.3) is 10.0 Å². The van der Waals surface area contributed by atoms with Crippen molar-refractivity contribution in [3.8, 4) is 0 Å². The number of para-hydroxylation sites is 1. The molecular formula is C16H19NO3S. The molecule has 112 valence electrons. The van der Waals surface area contributed by atoms with E-state index in [-0.39, 0.29) is 18.0 Å². The number of aliphatic hydroxyl groups excluding tert-OH is 1. The lowest BCUT2D eigenvalue weighted by Crippen LogP contribution is -2.33. The summed E-state index contributed by atoms with van der Waals surface area (Å²) in [6, 6.07) is 15.7. The molecule has 0 aliphatic heterocycles. The SMILES string of the molecule is CCc1cccc(S(=O)(=O)N(CCO)c2ccccc2)c1. The Balaban J connectivity index is 2.47. The number of aliphatic hydroxyl groups is 1. The molecule has 2 rings (SSSR count). The molecule has 0 aliphatic carbocycles. The summed E-state index contributed by atoms with van der Waals surface area (Å²) in [5.41, 5.74) is 1.52. The molecule has 0 spiro atoms. The molecule has 1 N–H and O–H groups in total. The minimum atomic E-state index is -3.68. The molecule has 5 heteroatoms. The Morgan fingerprint density at radius 3 is 2.38 bits per heavy atom. The van der Waals surface area contributed by atoms with Crippen LogP contribution in [-0.2, 0) is 16.4 Å². The third-order valence-corrected chi connectivity index (χ3v) is 5.07. The highest BCUT2D eigenvalue weighted by atomic mass is 32.2. The van der Waals surface area contributed by atoms with E-state index in [4.69, 9.17) is 0 Å². The van der Waals surface area contributed by atoms with Gasteiger partial charge in [0.05, 0.1) is 23.7 Å². The first-order valence-corrected chi connectivity index (χ1v) is 8.31. The topological polar surface area (TPSA) is 57.6 Å². The third-order valence-electron chi connectivity index (χ3n) is 3.24. The van der Waals surface area contributed by atoms with Gasteiger partial charge in [0.1, 0.15) is 0 Å². The quantitative estimate of drug-likeness (QED) is 0.892. The zero-order valence-corrected chi connectivity index (χ0v) is 12.8. The first kappa shape index (κ1) is 15.5. The molecule has 4 nitrogen and oxygen atoms in total. The highest BCUT2D eigenvalue weighted by Gasteiger charge is 2.24. The Morgan fingerprint density at radius 2 is 1.76 bits per heavy atom. The van der Waals surface area contributed by atoms with E-state index in [0.717, 1.165) is 12.0 Å². The number of aryl methyl sites for hydroxylation is 1. The van der Waals surface area contributed by atoms with E-state index in [9.17, 15) is 13.5 Å². The van der Waals surface area contributed by atoms with E-state index in [1.165, 1.54) is 4.31 Å². The number of anilines is 1. The van der Waals surface area contributed by atoms with E-state index in [2.05, 4.69) is 0 Å². The average Bonchev–Trinajstić information content (AvgIpc) is 2.53. The van der Waals surface area contributed by atoms with Crippen molar-refractivity contribution in [2.75, 3.05) is 17.5 Å². The second kappa shape index (κ2) is 6.74. The van der Waals surface area contributed by atoms with Crippen LogP contribution in [0.15, 0.2) is 59.5 Å². The van der Waals surface area contributed by atoms with E-state index in [1.807, 2.05) is 19.1 Å². The summed E-state index contributed by atoms with van der Waals surface area (Å²) in [5.74, 6) is 0. The molecule has 0 bridgehead atoms. The molecule has 21 heavy (non-hydrogen) atoms. The average molecular weight is 305 g/mol. The fourth-order valence-electron chi connectivity index (χ4n) is 2.13. The number of hydrogen-bond donors (Lipinski definition) is 1. The van der Waals surface area contributed by atoms with E-state index < -0.39 is 10.0 Å². The smallest absolute Gasteiger partial charge is 0.264 e. The number of nitrogens with zero attached hydrogens (tertiary/aromatic N) is 1. The van der Waals surface area contributed by atoms with Crippen LogP contribution in [0.4, 0.5) is 5.69 Å². The van der Waals surface area contributed by atoms with Crippen molar-refractivity contribution in [2.24, 2.45) is 0 Å². The lowest BCUT2D eigenvalue weighted by atomic mass is 10.2. The van der Waals surface area contributed by atoms with Crippen LogP contribution < -0.4 is 4.31 Å². The summed E-state index contributed by atoms with van der Waals surface area (Å²) in [7, 11) is -3.68. The van der Waals surface area contributed by atoms with Crippen LogP contribution in [-0.4, -0.2) is 26.7 Å². The van der Waals surface area contributed by atoms with Gasteiger partial charge in [-0.25, -0.2) is 8.42 Å². The van der Waals surface area contributed by atoms with Crippen molar-refractivity contribution in [2.45, 2.75) is 18.2 Å². The van der Waals surface area contributed by atoms with Crippen molar-refractivity contribution < 1.29 is 13.5 Å². The maximum atomic E-state index is 12.8. The predicted molar refractivity (Wildman–Crippen MR) is 83.9 cm³/mol. The zero-order valence-electron chi connectivity index (χ0n) is 11.9. The lowest BCUT2D eigenvalue weighted by Gasteiger charge is -2.23. The van der Waals surface area contributed by atoms with Crippen LogP contribution in [0, 0.1) is 0 Å². The molecule has 0 unspecified atom stereocenters. The molecule has 0 saturated carbocycles. The van der Waals surface area contributed by atoms with E-state index in [1.54, 1.807) is 42.5 Å². The van der Waals surface area contributed by atoms with Crippen LogP contribution in [0.2, 0.25) is 0 Å². The second-order valence-electron chi connectivity index (χ2n) is 4.64. The monoisotopic (exact) mass is 305 g/mol. The highest BCUT2D eigenvalue weighted by molar-refractivity contribution is 7.92. The molecule has 0 radical (unpaired) electrons.